The lowest BCUT2D eigenvalue weighted by Gasteiger charge is -1.92. The molecule has 0 saturated heterocycles. The van der Waals surface area contributed by atoms with E-state index in [0.717, 1.165) is 0 Å². The van der Waals surface area contributed by atoms with Gasteiger partial charge in [0.1, 0.15) is 0 Å². The van der Waals surface area contributed by atoms with Crippen LogP contribution in [-0.2, 0) is 0 Å². The summed E-state index contributed by atoms with van der Waals surface area (Å²) in [5.74, 6) is 0. The predicted octanol–water partition coefficient (Wildman–Crippen LogP) is -0.196. The normalized spacial score (nSPS) is 11.6. The summed E-state index contributed by atoms with van der Waals surface area (Å²) in [6.45, 7) is 1.55. The van der Waals surface area contributed by atoms with E-state index in [1.54, 1.807) is 6.92 Å². The highest BCUT2D eigenvalue weighted by molar-refractivity contribution is 6.07. The maximum Gasteiger partial charge on any atom is 0.347 e. The molecule has 0 spiro atoms. The Labute approximate surface area is 91.4 Å². The van der Waals surface area contributed by atoms with Crippen LogP contribution in [0.15, 0.2) is 34.1 Å². The molecule has 2 heterocycles. The third kappa shape index (κ3) is 1.04. The first kappa shape index (κ1) is 9.71. The molecular formula is C11H4O6. The molecule has 0 unspecified atom stereocenters. The van der Waals surface area contributed by atoms with Gasteiger partial charge in [0.2, 0.25) is 0 Å². The fraction of sp³-hybridized carbons (Fsp3) is 0.0909. The second kappa shape index (κ2) is 2.79. The third-order valence-electron chi connectivity index (χ3n) is 2.73. The fourth-order valence-electron chi connectivity index (χ4n) is 2.03. The van der Waals surface area contributed by atoms with Gasteiger partial charge in [-0.2, -0.15) is 0 Å². The van der Waals surface area contributed by atoms with Crippen LogP contribution in [0.5, 0.6) is 0 Å². The Morgan fingerprint density at radius 2 is 1.29 bits per heavy atom. The molecule has 3 aromatic rings. The topological polar surface area (TPSA) is 94.6 Å². The van der Waals surface area contributed by atoms with Gasteiger partial charge in [0.25, 0.3) is 0 Å². The average molecular weight is 232 g/mol. The zero-order valence-electron chi connectivity index (χ0n) is 8.53. The van der Waals surface area contributed by atoms with Crippen molar-refractivity contribution >= 4 is 21.5 Å². The first-order chi connectivity index (χ1) is 8.00. The first-order valence-corrected chi connectivity index (χ1v) is 4.71. The molecule has 3 rings (SSSR count). The molecule has 6 nitrogen and oxygen atoms in total. The standard InChI is InChI=1S/C11H4O6/c1-3-2-4-6(10(14)16-8(4)12)7-5(3)9(13)17-11(7)15/h2H,1H3. The maximum absolute atomic E-state index is 11.5. The SMILES string of the molecule is Cc1cc2c(=O)oc(=O)c2c2c(=O)oc(=O)c12. The van der Waals surface area contributed by atoms with Gasteiger partial charge in [-0.15, -0.1) is 0 Å². The van der Waals surface area contributed by atoms with Gasteiger partial charge in [0, 0.05) is 0 Å². The zero-order chi connectivity index (χ0) is 12.3. The van der Waals surface area contributed by atoms with Crippen LogP contribution in [0.2, 0.25) is 0 Å². The summed E-state index contributed by atoms with van der Waals surface area (Å²) in [5, 5.41) is -0.314. The first-order valence-electron chi connectivity index (χ1n) is 4.71. The number of aryl methyl sites for hydroxylation is 1. The van der Waals surface area contributed by atoms with E-state index >= 15 is 0 Å². The summed E-state index contributed by atoms with van der Waals surface area (Å²) in [6, 6.07) is 1.35. The van der Waals surface area contributed by atoms with Gasteiger partial charge in [-0.05, 0) is 18.6 Å². The largest absolute Gasteiger partial charge is 0.386 e. The third-order valence-corrected chi connectivity index (χ3v) is 2.73. The second-order valence-electron chi connectivity index (χ2n) is 3.72. The lowest BCUT2D eigenvalue weighted by molar-refractivity contribution is 0.497. The van der Waals surface area contributed by atoms with Crippen molar-refractivity contribution in [3.63, 3.8) is 0 Å². The number of rotatable bonds is 0. The van der Waals surface area contributed by atoms with E-state index in [1.165, 1.54) is 6.07 Å². The summed E-state index contributed by atoms with van der Waals surface area (Å²) >= 11 is 0. The molecule has 0 aliphatic carbocycles. The van der Waals surface area contributed by atoms with Crippen LogP contribution in [0.3, 0.4) is 0 Å². The van der Waals surface area contributed by atoms with Crippen molar-refractivity contribution in [3.8, 4) is 0 Å². The summed E-state index contributed by atoms with van der Waals surface area (Å²) in [4.78, 5) is 45.7. The Balaban J connectivity index is 2.94. The van der Waals surface area contributed by atoms with E-state index in [9.17, 15) is 19.2 Å². The minimum Gasteiger partial charge on any atom is -0.386 e. The highest BCUT2D eigenvalue weighted by Gasteiger charge is 2.20. The number of furan rings is 2. The number of fused-ring (bicyclic) bond motifs is 3. The van der Waals surface area contributed by atoms with Gasteiger partial charge in [-0.3, -0.25) is 0 Å². The minimum atomic E-state index is -0.923. The molecule has 0 N–H and O–H groups in total. The molecular weight excluding hydrogens is 228 g/mol. The zero-order valence-corrected chi connectivity index (χ0v) is 8.53. The monoisotopic (exact) mass is 232 g/mol. The molecule has 0 aliphatic rings. The molecule has 2 aromatic heterocycles. The number of hydrogen-bond acceptors (Lipinski definition) is 6. The van der Waals surface area contributed by atoms with E-state index in [0.29, 0.717) is 5.56 Å². The molecule has 17 heavy (non-hydrogen) atoms. The van der Waals surface area contributed by atoms with Gasteiger partial charge in [0.15, 0.2) is 0 Å². The van der Waals surface area contributed by atoms with Crippen LogP contribution in [0.25, 0.3) is 21.5 Å². The van der Waals surface area contributed by atoms with Crippen molar-refractivity contribution < 1.29 is 8.83 Å². The van der Waals surface area contributed by atoms with E-state index < -0.39 is 22.5 Å². The molecule has 0 bridgehead atoms. The average Bonchev–Trinajstić information content (AvgIpc) is 2.67. The van der Waals surface area contributed by atoms with Crippen LogP contribution in [-0.4, -0.2) is 0 Å². The van der Waals surface area contributed by atoms with Gasteiger partial charge in [-0.1, -0.05) is 0 Å². The molecule has 6 heteroatoms. The van der Waals surface area contributed by atoms with Crippen LogP contribution >= 0.6 is 0 Å². The molecule has 0 amide bonds. The maximum atomic E-state index is 11.5. The molecule has 0 atom stereocenters. The molecule has 1 aromatic carbocycles. The van der Waals surface area contributed by atoms with Crippen LogP contribution in [0.1, 0.15) is 5.56 Å². The van der Waals surface area contributed by atoms with Crippen molar-refractivity contribution in [2.45, 2.75) is 6.92 Å². The van der Waals surface area contributed by atoms with Crippen molar-refractivity contribution in [2.24, 2.45) is 0 Å². The summed E-state index contributed by atoms with van der Waals surface area (Å²) < 4.78 is 8.82. The molecule has 0 fully saturated rings. The van der Waals surface area contributed by atoms with Crippen molar-refractivity contribution in [1.82, 2.24) is 0 Å². The Hall–Kier alpha value is -2.50. The molecule has 84 valence electrons. The Kier molecular flexibility index (Phi) is 1.59. The quantitative estimate of drug-likeness (QED) is 0.532. The predicted molar refractivity (Wildman–Crippen MR) is 58.2 cm³/mol. The van der Waals surface area contributed by atoms with E-state index in [-0.39, 0.29) is 21.5 Å². The van der Waals surface area contributed by atoms with Crippen molar-refractivity contribution in [1.29, 1.82) is 0 Å². The number of hydrogen-bond donors (Lipinski definition) is 0. The lowest BCUT2D eigenvalue weighted by atomic mass is 10.0. The van der Waals surface area contributed by atoms with E-state index in [4.69, 9.17) is 0 Å². The van der Waals surface area contributed by atoms with Crippen LogP contribution in [0, 0.1) is 6.92 Å². The van der Waals surface area contributed by atoms with Crippen LogP contribution in [0.4, 0.5) is 0 Å². The second-order valence-corrected chi connectivity index (χ2v) is 3.72. The van der Waals surface area contributed by atoms with Crippen molar-refractivity contribution in [2.75, 3.05) is 0 Å². The van der Waals surface area contributed by atoms with Gasteiger partial charge in [0.05, 0.1) is 21.5 Å². The highest BCUT2D eigenvalue weighted by Crippen LogP contribution is 2.20. The molecule has 0 saturated carbocycles. The fourth-order valence-corrected chi connectivity index (χ4v) is 2.03. The van der Waals surface area contributed by atoms with Crippen LogP contribution < -0.4 is 22.5 Å². The Morgan fingerprint density at radius 1 is 0.765 bits per heavy atom. The van der Waals surface area contributed by atoms with Gasteiger partial charge >= 0.3 is 22.5 Å². The smallest absolute Gasteiger partial charge is 0.347 e. The summed E-state index contributed by atoms with van der Waals surface area (Å²) in [6.07, 6.45) is 0. The molecule has 0 radical (unpaired) electrons. The summed E-state index contributed by atoms with van der Waals surface area (Å²) in [7, 11) is 0. The van der Waals surface area contributed by atoms with E-state index in [2.05, 4.69) is 8.83 Å². The van der Waals surface area contributed by atoms with Gasteiger partial charge < -0.3 is 8.83 Å². The summed E-state index contributed by atoms with van der Waals surface area (Å²) in [5.41, 5.74) is -3.06. The minimum absolute atomic E-state index is 0.00194. The van der Waals surface area contributed by atoms with E-state index in [1.807, 2.05) is 0 Å². The highest BCUT2D eigenvalue weighted by atomic mass is 16.4. The van der Waals surface area contributed by atoms with Crippen molar-refractivity contribution in [3.05, 3.63) is 53.3 Å². The lowest BCUT2D eigenvalue weighted by Crippen LogP contribution is -1.99. The molecule has 0 aliphatic heterocycles. The van der Waals surface area contributed by atoms with Gasteiger partial charge in [-0.25, -0.2) is 19.2 Å². The Bertz CT molecular complexity index is 962. The Morgan fingerprint density at radius 3 is 2.00 bits per heavy atom. The number of benzene rings is 1.